The van der Waals surface area contributed by atoms with Crippen LogP contribution in [-0.2, 0) is 16.4 Å². The summed E-state index contributed by atoms with van der Waals surface area (Å²) in [7, 11) is -3.56. The molecule has 0 atom stereocenters. The summed E-state index contributed by atoms with van der Waals surface area (Å²) in [4.78, 5) is 2.43. The lowest BCUT2D eigenvalue weighted by molar-refractivity contribution is 0.245. The number of sulfonamides is 1. The molecule has 1 aromatic carbocycles. The Labute approximate surface area is 162 Å². The quantitative estimate of drug-likeness (QED) is 0.713. The Kier molecular flexibility index (Phi) is 11.5. The Morgan fingerprint density at radius 1 is 1.25 bits per heavy atom. The van der Waals surface area contributed by atoms with E-state index in [1.54, 1.807) is 12.1 Å². The predicted octanol–water partition coefficient (Wildman–Crippen LogP) is 2.32. The minimum atomic E-state index is -3.56. The van der Waals surface area contributed by atoms with E-state index in [-0.39, 0.29) is 34.7 Å². The standard InChI is InChI=1S/C15H24ClN3O2S.2ClH/c1-2-3-13-4-5-14(16)15(12-13)22(20,21)18-8-11-19-9-6-17-7-10-19;;/h4-5,12,17-18H,2-3,6-11H2,1H3;2*1H. The second kappa shape index (κ2) is 11.5. The van der Waals surface area contributed by atoms with Gasteiger partial charge in [-0.1, -0.05) is 31.0 Å². The topological polar surface area (TPSA) is 61.4 Å². The number of piperazine rings is 1. The van der Waals surface area contributed by atoms with Crippen LogP contribution in [0.2, 0.25) is 5.02 Å². The summed E-state index contributed by atoms with van der Waals surface area (Å²) in [6.07, 6.45) is 1.82. The van der Waals surface area contributed by atoms with E-state index in [0.29, 0.717) is 13.1 Å². The number of benzene rings is 1. The fraction of sp³-hybridized carbons (Fsp3) is 0.600. The highest BCUT2D eigenvalue weighted by Crippen LogP contribution is 2.23. The molecule has 0 unspecified atom stereocenters. The number of aryl methyl sites for hydroxylation is 1. The number of nitrogens with one attached hydrogen (secondary N) is 2. The maximum atomic E-state index is 12.4. The van der Waals surface area contributed by atoms with E-state index < -0.39 is 10.0 Å². The Bertz CT molecular complexity index is 594. The predicted molar refractivity (Wildman–Crippen MR) is 104 cm³/mol. The Morgan fingerprint density at radius 3 is 2.54 bits per heavy atom. The van der Waals surface area contributed by atoms with Crippen molar-refractivity contribution in [1.29, 1.82) is 0 Å². The molecule has 9 heteroatoms. The van der Waals surface area contributed by atoms with Crippen molar-refractivity contribution < 1.29 is 8.42 Å². The molecule has 2 rings (SSSR count). The number of nitrogens with zero attached hydrogens (tertiary/aromatic N) is 1. The molecule has 1 aliphatic rings. The van der Waals surface area contributed by atoms with Crippen molar-refractivity contribution in [1.82, 2.24) is 14.9 Å². The van der Waals surface area contributed by atoms with Gasteiger partial charge in [-0.15, -0.1) is 24.8 Å². The minimum Gasteiger partial charge on any atom is -0.314 e. The maximum Gasteiger partial charge on any atom is 0.242 e. The molecule has 0 aromatic heterocycles. The third kappa shape index (κ3) is 7.04. The zero-order valence-electron chi connectivity index (χ0n) is 13.8. The molecule has 0 amide bonds. The van der Waals surface area contributed by atoms with E-state index >= 15 is 0 Å². The van der Waals surface area contributed by atoms with Crippen molar-refractivity contribution in [2.45, 2.75) is 24.7 Å². The van der Waals surface area contributed by atoms with Crippen LogP contribution < -0.4 is 10.0 Å². The van der Waals surface area contributed by atoms with E-state index in [1.165, 1.54) is 0 Å². The Morgan fingerprint density at radius 2 is 1.92 bits per heavy atom. The molecule has 24 heavy (non-hydrogen) atoms. The number of rotatable bonds is 7. The summed E-state index contributed by atoms with van der Waals surface area (Å²) < 4.78 is 27.5. The van der Waals surface area contributed by atoms with Crippen LogP contribution in [-0.4, -0.2) is 52.6 Å². The van der Waals surface area contributed by atoms with Gasteiger partial charge in [0.2, 0.25) is 10.0 Å². The number of halogens is 3. The van der Waals surface area contributed by atoms with Gasteiger partial charge in [0.15, 0.2) is 0 Å². The van der Waals surface area contributed by atoms with E-state index in [4.69, 9.17) is 11.6 Å². The average Bonchev–Trinajstić information content (AvgIpc) is 2.50. The van der Waals surface area contributed by atoms with Gasteiger partial charge >= 0.3 is 0 Å². The first kappa shape index (κ1) is 23.9. The van der Waals surface area contributed by atoms with Gasteiger partial charge in [0, 0.05) is 39.3 Å². The summed E-state index contributed by atoms with van der Waals surface area (Å²) in [6, 6.07) is 5.22. The molecule has 1 saturated heterocycles. The van der Waals surface area contributed by atoms with Crippen LogP contribution in [0.25, 0.3) is 0 Å². The summed E-state index contributed by atoms with van der Waals surface area (Å²) in [5.74, 6) is 0. The monoisotopic (exact) mass is 417 g/mol. The summed E-state index contributed by atoms with van der Waals surface area (Å²) in [5.41, 5.74) is 0.995. The molecule has 140 valence electrons. The van der Waals surface area contributed by atoms with Crippen LogP contribution >= 0.6 is 36.4 Å². The first-order chi connectivity index (χ1) is 10.5. The zero-order chi connectivity index (χ0) is 16.0. The second-order valence-corrected chi connectivity index (χ2v) is 7.65. The van der Waals surface area contributed by atoms with Gasteiger partial charge in [0.25, 0.3) is 0 Å². The first-order valence-corrected chi connectivity index (χ1v) is 9.60. The molecule has 0 bridgehead atoms. The molecular weight excluding hydrogens is 393 g/mol. The molecule has 1 aliphatic heterocycles. The van der Waals surface area contributed by atoms with Crippen molar-refractivity contribution in [3.63, 3.8) is 0 Å². The van der Waals surface area contributed by atoms with Crippen LogP contribution in [0.3, 0.4) is 0 Å². The van der Waals surface area contributed by atoms with Crippen LogP contribution in [0.15, 0.2) is 23.1 Å². The molecule has 5 nitrogen and oxygen atoms in total. The molecule has 1 fully saturated rings. The molecule has 0 spiro atoms. The lowest BCUT2D eigenvalue weighted by Gasteiger charge is -2.27. The van der Waals surface area contributed by atoms with E-state index in [1.807, 2.05) is 6.07 Å². The van der Waals surface area contributed by atoms with Crippen molar-refractivity contribution in [3.05, 3.63) is 28.8 Å². The molecule has 1 aromatic rings. The van der Waals surface area contributed by atoms with Gasteiger partial charge in [-0.2, -0.15) is 0 Å². The summed E-state index contributed by atoms with van der Waals surface area (Å²) >= 11 is 6.07. The normalized spacial score (nSPS) is 15.4. The molecule has 0 saturated carbocycles. The van der Waals surface area contributed by atoms with Crippen LogP contribution in [0.5, 0.6) is 0 Å². The van der Waals surface area contributed by atoms with Crippen LogP contribution in [0.1, 0.15) is 18.9 Å². The van der Waals surface area contributed by atoms with E-state index in [2.05, 4.69) is 21.9 Å². The van der Waals surface area contributed by atoms with Gasteiger partial charge in [-0.3, -0.25) is 4.90 Å². The Hall–Kier alpha value is -0.0800. The highest BCUT2D eigenvalue weighted by Gasteiger charge is 2.19. The third-order valence-electron chi connectivity index (χ3n) is 3.75. The van der Waals surface area contributed by atoms with Gasteiger partial charge in [0.05, 0.1) is 5.02 Å². The Balaban J connectivity index is 0.00000264. The fourth-order valence-corrected chi connectivity index (χ4v) is 4.12. The molecule has 0 aliphatic carbocycles. The average molecular weight is 419 g/mol. The number of hydrogen-bond donors (Lipinski definition) is 2. The minimum absolute atomic E-state index is 0. The SMILES string of the molecule is CCCc1ccc(Cl)c(S(=O)(=O)NCCN2CCNCC2)c1.Cl.Cl. The van der Waals surface area contributed by atoms with Crippen molar-refractivity contribution in [3.8, 4) is 0 Å². The second-order valence-electron chi connectivity index (χ2n) is 5.50. The van der Waals surface area contributed by atoms with Gasteiger partial charge < -0.3 is 5.32 Å². The zero-order valence-corrected chi connectivity index (χ0v) is 17.0. The van der Waals surface area contributed by atoms with E-state index in [9.17, 15) is 8.42 Å². The van der Waals surface area contributed by atoms with E-state index in [0.717, 1.165) is 44.6 Å². The molecule has 2 N–H and O–H groups in total. The van der Waals surface area contributed by atoms with Crippen molar-refractivity contribution >= 4 is 46.4 Å². The fourth-order valence-electron chi connectivity index (χ4n) is 2.55. The molecule has 1 heterocycles. The summed E-state index contributed by atoms with van der Waals surface area (Å²) in [5, 5.41) is 3.55. The lowest BCUT2D eigenvalue weighted by Crippen LogP contribution is -2.46. The third-order valence-corrected chi connectivity index (χ3v) is 5.70. The molecule has 0 radical (unpaired) electrons. The largest absolute Gasteiger partial charge is 0.314 e. The number of hydrogen-bond acceptors (Lipinski definition) is 4. The van der Waals surface area contributed by atoms with Gasteiger partial charge in [0.1, 0.15) is 4.90 Å². The highest BCUT2D eigenvalue weighted by molar-refractivity contribution is 7.89. The maximum absolute atomic E-state index is 12.4. The van der Waals surface area contributed by atoms with Gasteiger partial charge in [-0.25, -0.2) is 13.1 Å². The molecular formula is C15H26Cl3N3O2S. The van der Waals surface area contributed by atoms with Crippen LogP contribution in [0.4, 0.5) is 0 Å². The van der Waals surface area contributed by atoms with Crippen molar-refractivity contribution in [2.24, 2.45) is 0 Å². The van der Waals surface area contributed by atoms with Gasteiger partial charge in [-0.05, 0) is 24.1 Å². The highest BCUT2D eigenvalue weighted by atomic mass is 35.5. The van der Waals surface area contributed by atoms with Crippen molar-refractivity contribution in [2.75, 3.05) is 39.3 Å². The summed E-state index contributed by atoms with van der Waals surface area (Å²) in [6.45, 7) is 7.00. The van der Waals surface area contributed by atoms with Crippen LogP contribution in [0, 0.1) is 0 Å². The lowest BCUT2D eigenvalue weighted by atomic mass is 10.1. The first-order valence-electron chi connectivity index (χ1n) is 7.74. The smallest absolute Gasteiger partial charge is 0.242 e.